The quantitative estimate of drug-likeness (QED) is 0.0785. The van der Waals surface area contributed by atoms with Crippen molar-refractivity contribution < 1.29 is 57.2 Å². The highest BCUT2D eigenvalue weighted by molar-refractivity contribution is 6.16. The first-order valence-electron chi connectivity index (χ1n) is 16.6. The van der Waals surface area contributed by atoms with E-state index in [0.29, 0.717) is 36.2 Å². The van der Waals surface area contributed by atoms with Gasteiger partial charge >= 0.3 is 18.0 Å². The molecule has 3 heterocycles. The first kappa shape index (κ1) is 39.0. The van der Waals surface area contributed by atoms with E-state index in [1.807, 2.05) is 5.32 Å². The highest BCUT2D eigenvalue weighted by Crippen LogP contribution is 2.39. The lowest BCUT2D eigenvalue weighted by atomic mass is 10.00. The van der Waals surface area contributed by atoms with Crippen molar-refractivity contribution in [2.75, 3.05) is 6.61 Å². The molecule has 3 aliphatic rings. The van der Waals surface area contributed by atoms with Crippen molar-refractivity contribution in [2.24, 2.45) is 0 Å². The number of amides is 5. The van der Waals surface area contributed by atoms with Crippen LogP contribution in [0.15, 0.2) is 48.1 Å². The molecule has 0 aliphatic carbocycles. The lowest BCUT2D eigenvalue weighted by Gasteiger charge is -2.24. The van der Waals surface area contributed by atoms with Crippen molar-refractivity contribution >= 4 is 41.7 Å². The van der Waals surface area contributed by atoms with Gasteiger partial charge in [0.25, 0.3) is 11.8 Å². The van der Waals surface area contributed by atoms with Gasteiger partial charge in [-0.2, -0.15) is 0 Å². The normalized spacial score (nSPS) is 28.3. The fourth-order valence-corrected chi connectivity index (χ4v) is 5.24. The lowest BCUT2D eigenvalue weighted by Crippen LogP contribution is -2.46. The van der Waals surface area contributed by atoms with E-state index in [2.05, 4.69) is 6.92 Å². The molecule has 1 N–H and O–H groups in total. The molecule has 14 nitrogen and oxygen atoms in total. The van der Waals surface area contributed by atoms with Gasteiger partial charge in [0.1, 0.15) is 18.3 Å². The molecule has 0 bridgehead atoms. The number of imide groups is 4. The monoisotopic (exact) mass is 686 g/mol. The van der Waals surface area contributed by atoms with Crippen molar-refractivity contribution in [3.63, 3.8) is 0 Å². The number of fused-ring (bicyclic) bond motifs is 1. The number of ether oxygens (including phenoxy) is 5. The van der Waals surface area contributed by atoms with Crippen LogP contribution in [-0.2, 0) is 52.5 Å². The summed E-state index contributed by atoms with van der Waals surface area (Å²) < 4.78 is 28.2. The summed E-state index contributed by atoms with van der Waals surface area (Å²) in [6.07, 6.45) is 9.73. The summed E-state index contributed by atoms with van der Waals surface area (Å²) in [5.41, 5.74) is 0.564. The molecule has 0 radical (unpaired) electrons. The second kappa shape index (κ2) is 19.5. The van der Waals surface area contributed by atoms with Crippen LogP contribution < -0.4 is 5.32 Å². The molecule has 0 unspecified atom stereocenters. The number of carbonyl (C=O) groups excluding carboxylic acids is 7. The zero-order valence-corrected chi connectivity index (χ0v) is 28.4. The Balaban J connectivity index is 1.74. The Labute approximate surface area is 285 Å². The van der Waals surface area contributed by atoms with Crippen LogP contribution in [0, 0.1) is 0 Å². The molecule has 49 heavy (non-hydrogen) atoms. The van der Waals surface area contributed by atoms with Crippen molar-refractivity contribution in [3.05, 3.63) is 48.1 Å². The largest absolute Gasteiger partial charge is 0.465 e. The maximum absolute atomic E-state index is 12.9. The molecule has 6 atom stereocenters. The number of carbonyl (C=O) groups is 7. The van der Waals surface area contributed by atoms with E-state index in [4.69, 9.17) is 23.7 Å². The van der Waals surface area contributed by atoms with E-state index in [0.717, 1.165) is 58.1 Å². The summed E-state index contributed by atoms with van der Waals surface area (Å²) in [5.74, 6) is -4.27. The standard InChI is InChI=1S/C35H46N2O12/c1-5-6-7-8-9-16-29(42)45-20-13-12-14-25-31(46-25)33-34(49-35(44)36-23(3)38)32-26(47-32)19-18-22(2)21-28(41)37(24(4)39)27(40)15-10-11-17-30(43)48-33/h10-12,14-15,17,21,25-26,31-34H,5-9,13,16,18-20H2,1-4H3,(H,36,38,44)/b14-12+,15-10-,17-11-,22-21-/t25-,26+,31-,32-,33+,34-/m1/s1. The van der Waals surface area contributed by atoms with Gasteiger partial charge in [0.15, 0.2) is 12.2 Å². The molecule has 14 heteroatoms. The summed E-state index contributed by atoms with van der Waals surface area (Å²) in [4.78, 5) is 86.8. The molecule has 0 aromatic heterocycles. The van der Waals surface area contributed by atoms with Gasteiger partial charge < -0.3 is 23.7 Å². The molecule has 2 saturated heterocycles. The number of nitrogens with one attached hydrogen (secondary N) is 1. The summed E-state index contributed by atoms with van der Waals surface area (Å²) in [5, 5.41) is 2.04. The number of nitrogens with zero attached hydrogens (tertiary/aromatic N) is 1. The van der Waals surface area contributed by atoms with Gasteiger partial charge in [0.2, 0.25) is 11.8 Å². The minimum Gasteiger partial charge on any atom is -0.465 e. The van der Waals surface area contributed by atoms with Gasteiger partial charge in [-0.15, -0.1) is 0 Å². The van der Waals surface area contributed by atoms with Crippen LogP contribution in [0.25, 0.3) is 0 Å². The molecule has 0 aromatic carbocycles. The predicted molar refractivity (Wildman–Crippen MR) is 173 cm³/mol. The van der Waals surface area contributed by atoms with Gasteiger partial charge in [-0.3, -0.25) is 29.3 Å². The minimum atomic E-state index is -1.18. The molecule has 5 amide bonds. The number of unbranched alkanes of at least 4 members (excludes halogenated alkanes) is 4. The Morgan fingerprint density at radius 2 is 1.69 bits per heavy atom. The zero-order valence-electron chi connectivity index (χ0n) is 28.4. The molecule has 3 rings (SSSR count). The third kappa shape index (κ3) is 13.5. The lowest BCUT2D eigenvalue weighted by molar-refractivity contribution is -0.152. The first-order chi connectivity index (χ1) is 23.4. The van der Waals surface area contributed by atoms with Crippen molar-refractivity contribution in [1.82, 2.24) is 10.2 Å². The number of hydrogen-bond donors (Lipinski definition) is 1. The van der Waals surface area contributed by atoms with Gasteiger partial charge in [0, 0.05) is 38.5 Å². The molecule has 2 fully saturated rings. The number of cyclic esters (lactones) is 1. The van der Waals surface area contributed by atoms with E-state index >= 15 is 0 Å². The molecule has 3 aliphatic heterocycles. The smallest absolute Gasteiger partial charge is 0.414 e. The predicted octanol–water partition coefficient (Wildman–Crippen LogP) is 3.68. The van der Waals surface area contributed by atoms with Gasteiger partial charge in [0.05, 0.1) is 12.7 Å². The first-order valence-corrected chi connectivity index (χ1v) is 16.6. The van der Waals surface area contributed by atoms with E-state index in [-0.39, 0.29) is 12.6 Å². The number of esters is 2. The number of hydrogen-bond acceptors (Lipinski definition) is 12. The summed E-state index contributed by atoms with van der Waals surface area (Å²) in [7, 11) is 0. The van der Waals surface area contributed by atoms with Crippen molar-refractivity contribution in [2.45, 2.75) is 122 Å². The van der Waals surface area contributed by atoms with Gasteiger partial charge in [-0.25, -0.2) is 14.5 Å². The Morgan fingerprint density at radius 3 is 2.41 bits per heavy atom. The maximum Gasteiger partial charge on any atom is 0.414 e. The Bertz CT molecular complexity index is 1370. The highest BCUT2D eigenvalue weighted by Gasteiger charge is 2.58. The number of epoxide rings is 2. The zero-order chi connectivity index (χ0) is 35.9. The van der Waals surface area contributed by atoms with Crippen LogP contribution in [0.5, 0.6) is 0 Å². The molecular weight excluding hydrogens is 640 g/mol. The topological polar surface area (TPSA) is 188 Å². The van der Waals surface area contributed by atoms with E-state index < -0.39 is 72.3 Å². The highest BCUT2D eigenvalue weighted by atomic mass is 16.7. The third-order valence-corrected chi connectivity index (χ3v) is 7.82. The van der Waals surface area contributed by atoms with Crippen molar-refractivity contribution in [3.8, 4) is 0 Å². The minimum absolute atomic E-state index is 0.194. The second-order valence-corrected chi connectivity index (χ2v) is 12.0. The van der Waals surface area contributed by atoms with Crippen LogP contribution in [0.4, 0.5) is 4.79 Å². The Kier molecular flexibility index (Phi) is 15.6. The molecular formula is C35H46N2O12. The summed E-state index contributed by atoms with van der Waals surface area (Å²) >= 11 is 0. The maximum atomic E-state index is 12.9. The Morgan fingerprint density at radius 1 is 0.959 bits per heavy atom. The van der Waals surface area contributed by atoms with E-state index in [1.54, 1.807) is 19.1 Å². The van der Waals surface area contributed by atoms with Crippen LogP contribution in [0.3, 0.4) is 0 Å². The SMILES string of the molecule is CCCCCCCC(=O)OCC/C=C/[C@H]1O[C@H]1[C@@H]1OC(=O)/C=C\C=C/C(=O)N(C(C)=O)C(=O)/C=C(/C)CC[C@@H]2O[C@H]2[C@H]1OC(=O)NC(C)=O. The van der Waals surface area contributed by atoms with E-state index in [9.17, 15) is 33.6 Å². The average Bonchev–Trinajstić information content (AvgIpc) is 3.95. The molecule has 0 saturated carbocycles. The summed E-state index contributed by atoms with van der Waals surface area (Å²) in [6, 6.07) is 0. The van der Waals surface area contributed by atoms with Crippen LogP contribution in [-0.4, -0.2) is 89.8 Å². The van der Waals surface area contributed by atoms with Gasteiger partial charge in [-0.1, -0.05) is 62.5 Å². The van der Waals surface area contributed by atoms with Crippen LogP contribution >= 0.6 is 0 Å². The Hall–Kier alpha value is -4.43. The third-order valence-electron chi connectivity index (χ3n) is 7.82. The van der Waals surface area contributed by atoms with Crippen molar-refractivity contribution in [1.29, 1.82) is 0 Å². The molecule has 0 spiro atoms. The van der Waals surface area contributed by atoms with Gasteiger partial charge in [-0.05, 0) is 32.6 Å². The molecule has 268 valence electrons. The van der Waals surface area contributed by atoms with Crippen LogP contribution in [0.1, 0.15) is 85.5 Å². The number of rotatable bonds is 12. The number of alkyl carbamates (subject to hydrolysis) is 1. The number of allylic oxidation sites excluding steroid dienone is 3. The second-order valence-electron chi connectivity index (χ2n) is 12.0. The fraction of sp³-hybridized carbons (Fsp3) is 0.571. The molecule has 0 aromatic rings. The average molecular weight is 687 g/mol. The summed E-state index contributed by atoms with van der Waals surface area (Å²) in [6.45, 7) is 6.21. The fourth-order valence-electron chi connectivity index (χ4n) is 5.24. The van der Waals surface area contributed by atoms with Crippen LogP contribution in [0.2, 0.25) is 0 Å². The van der Waals surface area contributed by atoms with E-state index in [1.165, 1.54) is 18.2 Å².